The summed E-state index contributed by atoms with van der Waals surface area (Å²) in [6.07, 6.45) is 3.07. The first-order valence-corrected chi connectivity index (χ1v) is 11.9. The third-order valence-electron chi connectivity index (χ3n) is 6.30. The predicted molar refractivity (Wildman–Crippen MR) is 123 cm³/mol. The van der Waals surface area contributed by atoms with Crippen molar-refractivity contribution in [3.8, 4) is 6.01 Å². The summed E-state index contributed by atoms with van der Waals surface area (Å²) in [5.74, 6) is 1.49. The Kier molecular flexibility index (Phi) is 7.05. The Morgan fingerprint density at radius 1 is 1.16 bits per heavy atom. The summed E-state index contributed by atoms with van der Waals surface area (Å²) in [5.41, 5.74) is 1.76. The molecule has 0 radical (unpaired) electrons. The molecule has 0 aromatic carbocycles. The average Bonchev–Trinajstić information content (AvgIpc) is 2.76. The molecule has 0 saturated carbocycles. The molecule has 4 heterocycles. The quantitative estimate of drug-likeness (QED) is 0.751. The minimum Gasteiger partial charge on any atom is -0.463 e. The Morgan fingerprint density at radius 2 is 1.94 bits per heavy atom. The van der Waals surface area contributed by atoms with Crippen molar-refractivity contribution in [1.29, 1.82) is 0 Å². The molecule has 0 unspecified atom stereocenters. The van der Waals surface area contributed by atoms with Gasteiger partial charge in [-0.2, -0.15) is 9.97 Å². The molecular weight excluding hydrogens is 408 g/mol. The molecule has 4 rings (SSSR count). The van der Waals surface area contributed by atoms with Gasteiger partial charge in [-0.05, 0) is 60.2 Å². The molecule has 0 aliphatic carbocycles. The first-order valence-electron chi connectivity index (χ1n) is 11.9. The number of ether oxygens (including phenoxy) is 2. The Labute approximate surface area is 191 Å². The second-order valence-corrected chi connectivity index (χ2v) is 10.2. The number of piperidine rings is 1. The molecule has 0 spiro atoms. The van der Waals surface area contributed by atoms with Gasteiger partial charge in [-0.15, -0.1) is 0 Å². The second-order valence-electron chi connectivity index (χ2n) is 10.2. The minimum atomic E-state index is -0.480. The Bertz CT molecular complexity index is 804. The molecule has 1 aromatic heterocycles. The zero-order valence-electron chi connectivity index (χ0n) is 20.0. The van der Waals surface area contributed by atoms with E-state index in [-0.39, 0.29) is 6.09 Å². The highest BCUT2D eigenvalue weighted by Crippen LogP contribution is 2.28. The second kappa shape index (κ2) is 9.79. The van der Waals surface area contributed by atoms with Gasteiger partial charge in [0, 0.05) is 50.7 Å². The van der Waals surface area contributed by atoms with Crippen LogP contribution in [-0.4, -0.2) is 90.9 Å². The molecular formula is C23H38N6O3. The maximum atomic E-state index is 12.4. The van der Waals surface area contributed by atoms with Crippen LogP contribution in [0.3, 0.4) is 0 Å². The lowest BCUT2D eigenvalue weighted by Gasteiger charge is -2.37. The van der Waals surface area contributed by atoms with E-state index in [4.69, 9.17) is 19.4 Å². The lowest BCUT2D eigenvalue weighted by atomic mass is 10.00. The number of amides is 1. The Balaban J connectivity index is 1.43. The molecule has 1 amide bonds. The Hall–Kier alpha value is -2.13. The van der Waals surface area contributed by atoms with Crippen LogP contribution in [0, 0.1) is 5.92 Å². The van der Waals surface area contributed by atoms with Crippen LogP contribution < -0.4 is 15.0 Å². The van der Waals surface area contributed by atoms with Crippen LogP contribution in [0.2, 0.25) is 0 Å². The van der Waals surface area contributed by atoms with Gasteiger partial charge in [0.25, 0.3) is 0 Å². The van der Waals surface area contributed by atoms with Gasteiger partial charge in [0.15, 0.2) is 0 Å². The van der Waals surface area contributed by atoms with E-state index >= 15 is 0 Å². The number of rotatable bonds is 4. The summed E-state index contributed by atoms with van der Waals surface area (Å²) in [6, 6.07) is 0.477. The van der Waals surface area contributed by atoms with Crippen LogP contribution in [0.1, 0.15) is 44.9 Å². The number of likely N-dealkylation sites (tertiary alicyclic amines) is 1. The van der Waals surface area contributed by atoms with Gasteiger partial charge in [-0.1, -0.05) is 0 Å². The average molecular weight is 447 g/mol. The van der Waals surface area contributed by atoms with Crippen molar-refractivity contribution in [2.24, 2.45) is 5.92 Å². The number of hydrogen-bond donors (Lipinski definition) is 1. The molecule has 2 fully saturated rings. The fourth-order valence-electron chi connectivity index (χ4n) is 4.67. The van der Waals surface area contributed by atoms with Crippen LogP contribution in [0.25, 0.3) is 0 Å². The lowest BCUT2D eigenvalue weighted by molar-refractivity contribution is 0.0240. The van der Waals surface area contributed by atoms with Gasteiger partial charge in [-0.25, -0.2) is 4.79 Å². The molecule has 9 nitrogen and oxygen atoms in total. The number of carbonyl (C=O) groups is 1. The first-order chi connectivity index (χ1) is 15.3. The summed E-state index contributed by atoms with van der Waals surface area (Å²) in [5, 5.41) is 3.41. The minimum absolute atomic E-state index is 0.243. The summed E-state index contributed by atoms with van der Waals surface area (Å²) in [6.45, 7) is 12.9. The topological polar surface area (TPSA) is 83.1 Å². The van der Waals surface area contributed by atoms with Crippen LogP contribution in [0.5, 0.6) is 6.01 Å². The van der Waals surface area contributed by atoms with E-state index < -0.39 is 5.60 Å². The third kappa shape index (κ3) is 5.81. The van der Waals surface area contributed by atoms with Crippen LogP contribution >= 0.6 is 0 Å². The number of nitrogens with one attached hydrogen (secondary N) is 1. The number of piperazine rings is 1. The highest BCUT2D eigenvalue weighted by molar-refractivity contribution is 5.68. The van der Waals surface area contributed by atoms with Gasteiger partial charge in [0.05, 0.1) is 12.3 Å². The SMILES string of the molecule is CN1CCC[C@@H](COc2nc3c(c(N4CCN(C(=O)OC(C)(C)C)CC4)n2)CCNC3)C1. The van der Waals surface area contributed by atoms with Crippen molar-refractivity contribution in [3.63, 3.8) is 0 Å². The van der Waals surface area contributed by atoms with E-state index in [9.17, 15) is 4.79 Å². The smallest absolute Gasteiger partial charge is 0.410 e. The molecule has 1 N–H and O–H groups in total. The summed E-state index contributed by atoms with van der Waals surface area (Å²) in [7, 11) is 2.17. The molecule has 0 bridgehead atoms. The maximum absolute atomic E-state index is 12.4. The molecule has 1 atom stereocenters. The number of anilines is 1. The van der Waals surface area contributed by atoms with Gasteiger partial charge >= 0.3 is 12.1 Å². The molecule has 3 aliphatic heterocycles. The van der Waals surface area contributed by atoms with E-state index in [0.29, 0.717) is 31.6 Å². The number of hydrogen-bond acceptors (Lipinski definition) is 8. The first kappa shape index (κ1) is 23.0. The normalized spacial score (nSPS) is 22.4. The van der Waals surface area contributed by atoms with E-state index in [1.54, 1.807) is 4.90 Å². The van der Waals surface area contributed by atoms with E-state index in [1.807, 2.05) is 20.8 Å². The molecule has 32 heavy (non-hydrogen) atoms. The van der Waals surface area contributed by atoms with Crippen LogP contribution in [0.4, 0.5) is 10.6 Å². The third-order valence-corrected chi connectivity index (χ3v) is 6.30. The van der Waals surface area contributed by atoms with Gasteiger partial charge in [-0.3, -0.25) is 0 Å². The monoisotopic (exact) mass is 446 g/mol. The highest BCUT2D eigenvalue weighted by atomic mass is 16.6. The molecule has 3 aliphatic rings. The lowest BCUT2D eigenvalue weighted by Crippen LogP contribution is -2.50. The van der Waals surface area contributed by atoms with Crippen molar-refractivity contribution < 1.29 is 14.3 Å². The van der Waals surface area contributed by atoms with Gasteiger partial charge in [0.1, 0.15) is 11.4 Å². The van der Waals surface area contributed by atoms with Crippen LogP contribution in [0.15, 0.2) is 0 Å². The van der Waals surface area contributed by atoms with Crippen molar-refractivity contribution >= 4 is 11.9 Å². The fraction of sp³-hybridized carbons (Fsp3) is 0.783. The largest absolute Gasteiger partial charge is 0.463 e. The zero-order valence-corrected chi connectivity index (χ0v) is 20.0. The zero-order chi connectivity index (χ0) is 22.7. The number of fused-ring (bicyclic) bond motifs is 1. The molecule has 9 heteroatoms. The van der Waals surface area contributed by atoms with E-state index in [1.165, 1.54) is 18.4 Å². The molecule has 178 valence electrons. The van der Waals surface area contributed by atoms with Gasteiger partial charge in [0.2, 0.25) is 0 Å². The van der Waals surface area contributed by atoms with E-state index in [0.717, 1.165) is 57.2 Å². The van der Waals surface area contributed by atoms with Crippen molar-refractivity contribution in [3.05, 3.63) is 11.3 Å². The number of carbonyl (C=O) groups excluding carboxylic acids is 1. The standard InChI is InChI=1S/C23H38N6O3/c1-23(2,3)32-22(30)29-12-10-28(11-13-29)20-18-7-8-24-14-19(18)25-21(26-20)31-16-17-6-5-9-27(4)15-17/h17,24H,5-16H2,1-4H3/t17-/m1/s1. The number of aromatic nitrogens is 2. The fourth-order valence-corrected chi connectivity index (χ4v) is 4.67. The summed E-state index contributed by atoms with van der Waals surface area (Å²) < 4.78 is 11.7. The Morgan fingerprint density at radius 3 is 2.66 bits per heavy atom. The van der Waals surface area contributed by atoms with Crippen LogP contribution in [-0.2, 0) is 17.7 Å². The van der Waals surface area contributed by atoms with Crippen molar-refractivity contribution in [1.82, 2.24) is 25.1 Å². The maximum Gasteiger partial charge on any atom is 0.410 e. The summed E-state index contributed by atoms with van der Waals surface area (Å²) >= 11 is 0. The van der Waals surface area contributed by atoms with Crippen molar-refractivity contribution in [2.45, 2.75) is 52.2 Å². The number of nitrogens with zero attached hydrogens (tertiary/aromatic N) is 5. The van der Waals surface area contributed by atoms with E-state index in [2.05, 4.69) is 22.2 Å². The highest BCUT2D eigenvalue weighted by Gasteiger charge is 2.29. The van der Waals surface area contributed by atoms with Crippen molar-refractivity contribution in [2.75, 3.05) is 64.4 Å². The summed E-state index contributed by atoms with van der Waals surface area (Å²) in [4.78, 5) is 28.4. The van der Waals surface area contributed by atoms with Gasteiger partial charge < -0.3 is 29.5 Å². The predicted octanol–water partition coefficient (Wildman–Crippen LogP) is 1.90. The molecule has 1 aromatic rings. The molecule has 2 saturated heterocycles.